The number of hydrogen-bond acceptors (Lipinski definition) is 3. The van der Waals surface area contributed by atoms with E-state index in [4.69, 9.17) is 9.98 Å². The third-order valence-electron chi connectivity index (χ3n) is 11.1. The minimum atomic E-state index is 0.531. The molecule has 0 fully saturated rings. The van der Waals surface area contributed by atoms with E-state index < -0.39 is 0 Å². The van der Waals surface area contributed by atoms with Crippen LogP contribution in [0.5, 0.6) is 0 Å². The molecule has 2 aromatic heterocycles. The fourth-order valence-corrected chi connectivity index (χ4v) is 10.1. The number of nitrogens with zero attached hydrogens (tertiary/aromatic N) is 3. The average molecular weight is 726 g/mol. The summed E-state index contributed by atoms with van der Waals surface area (Å²) in [5, 5.41) is 6.36. The van der Waals surface area contributed by atoms with Crippen LogP contribution in [0, 0.1) is 0 Å². The van der Waals surface area contributed by atoms with Crippen LogP contribution in [0.2, 0.25) is 0 Å². The highest BCUT2D eigenvalue weighted by Gasteiger charge is 2.29. The number of thiophene rings is 1. The predicted molar refractivity (Wildman–Crippen MR) is 237 cm³/mol. The lowest BCUT2D eigenvalue weighted by atomic mass is 9.87. The molecule has 0 spiro atoms. The van der Waals surface area contributed by atoms with E-state index in [0.29, 0.717) is 6.54 Å². The van der Waals surface area contributed by atoms with Crippen molar-refractivity contribution in [2.24, 2.45) is 9.98 Å². The molecule has 1 aliphatic carbocycles. The minimum Gasteiger partial charge on any atom is -0.290 e. The number of benzene rings is 7. The molecule has 55 heavy (non-hydrogen) atoms. The highest BCUT2D eigenvalue weighted by Crippen LogP contribution is 2.51. The van der Waals surface area contributed by atoms with Crippen LogP contribution in [0.3, 0.4) is 0 Å². The second kappa shape index (κ2) is 13.5. The van der Waals surface area contributed by atoms with E-state index in [1.54, 1.807) is 0 Å². The lowest BCUT2D eigenvalue weighted by molar-refractivity contribution is 0.965. The van der Waals surface area contributed by atoms with Crippen molar-refractivity contribution in [1.29, 1.82) is 0 Å². The van der Waals surface area contributed by atoms with Crippen molar-refractivity contribution in [3.63, 3.8) is 0 Å². The molecule has 0 atom stereocenters. The van der Waals surface area contributed by atoms with Crippen molar-refractivity contribution in [3.8, 4) is 22.3 Å². The molecule has 0 saturated heterocycles. The molecule has 264 valence electrons. The third-order valence-corrected chi connectivity index (χ3v) is 12.4. The van der Waals surface area contributed by atoms with Crippen molar-refractivity contribution < 1.29 is 0 Å². The molecule has 1 aliphatic heterocycles. The van der Waals surface area contributed by atoms with Gasteiger partial charge in [-0.1, -0.05) is 166 Å². The van der Waals surface area contributed by atoms with E-state index in [-0.39, 0.29) is 0 Å². The number of aliphatic imine (C=N–C) groups is 2. The van der Waals surface area contributed by atoms with Crippen molar-refractivity contribution in [3.05, 3.63) is 185 Å². The Kier molecular flexibility index (Phi) is 8.15. The molecule has 0 bridgehead atoms. The molecule has 0 N–H and O–H groups in total. The summed E-state index contributed by atoms with van der Waals surface area (Å²) in [7, 11) is 0. The van der Waals surface area contributed by atoms with Crippen molar-refractivity contribution in [2.75, 3.05) is 0 Å². The molecule has 2 aliphatic rings. The van der Waals surface area contributed by atoms with Crippen molar-refractivity contribution in [1.82, 2.24) is 4.57 Å². The molecule has 11 rings (SSSR count). The molecule has 9 aromatic rings. The Morgan fingerprint density at radius 3 is 1.95 bits per heavy atom. The second-order valence-corrected chi connectivity index (χ2v) is 15.1. The van der Waals surface area contributed by atoms with Crippen LogP contribution in [0.1, 0.15) is 41.0 Å². The molecule has 7 aromatic carbocycles. The predicted octanol–water partition coefficient (Wildman–Crippen LogP) is 13.5. The van der Waals surface area contributed by atoms with Gasteiger partial charge in [0.05, 0.1) is 28.0 Å². The number of aromatic nitrogens is 1. The maximum Gasteiger partial charge on any atom is 0.164 e. The van der Waals surface area contributed by atoms with Gasteiger partial charge >= 0.3 is 0 Å². The Morgan fingerprint density at radius 1 is 0.564 bits per heavy atom. The quantitative estimate of drug-likeness (QED) is 0.170. The summed E-state index contributed by atoms with van der Waals surface area (Å²) in [5.74, 6) is 0.798. The lowest BCUT2D eigenvalue weighted by Crippen LogP contribution is -2.25. The first-order chi connectivity index (χ1) is 27.2. The highest BCUT2D eigenvalue weighted by atomic mass is 32.1. The zero-order valence-electron chi connectivity index (χ0n) is 31.0. The summed E-state index contributed by atoms with van der Waals surface area (Å²) >= 11 is 1.96. The van der Waals surface area contributed by atoms with Crippen LogP contribution in [0.4, 0.5) is 0 Å². The number of rotatable bonds is 2. The van der Waals surface area contributed by atoms with E-state index >= 15 is 0 Å². The van der Waals surface area contributed by atoms with Gasteiger partial charge in [0.25, 0.3) is 0 Å². The molecule has 0 unspecified atom stereocenters. The topological polar surface area (TPSA) is 29.6 Å². The first-order valence-electron chi connectivity index (χ1n) is 19.3. The molecule has 4 heteroatoms. The van der Waals surface area contributed by atoms with Crippen LogP contribution >= 0.6 is 11.3 Å². The van der Waals surface area contributed by atoms with Crippen LogP contribution in [-0.4, -0.2) is 16.1 Å². The fraction of sp³-hybridized carbons (Fsp3) is 0.0980. The van der Waals surface area contributed by atoms with Gasteiger partial charge in [-0.15, -0.1) is 11.3 Å². The zero-order valence-corrected chi connectivity index (χ0v) is 31.8. The van der Waals surface area contributed by atoms with Gasteiger partial charge in [0.2, 0.25) is 0 Å². The molecule has 0 amide bonds. The van der Waals surface area contributed by atoms with Gasteiger partial charge in [-0.05, 0) is 57.5 Å². The van der Waals surface area contributed by atoms with Crippen LogP contribution in [0.15, 0.2) is 168 Å². The molecular weight excluding hydrogens is 687 g/mol. The summed E-state index contributed by atoms with van der Waals surface area (Å²) in [6, 6.07) is 54.6. The van der Waals surface area contributed by atoms with Crippen LogP contribution < -0.4 is 0 Å². The third kappa shape index (κ3) is 5.24. The Labute approximate surface area is 325 Å². The second-order valence-electron chi connectivity index (χ2n) is 14.0. The summed E-state index contributed by atoms with van der Waals surface area (Å²) in [5.41, 5.74) is 13.6. The highest BCUT2D eigenvalue weighted by molar-refractivity contribution is 7.21. The van der Waals surface area contributed by atoms with E-state index in [0.717, 1.165) is 52.3 Å². The molecule has 0 saturated carbocycles. The summed E-state index contributed by atoms with van der Waals surface area (Å²) in [6.07, 6.45) is 2.10. The van der Waals surface area contributed by atoms with Crippen LogP contribution in [0.25, 0.3) is 70.6 Å². The molecular formula is C51H39N3S. The standard InChI is InChI=1S/C49H33N3S.C2H6/c1-30-36-17-7-6-16-35(36)29-50-46(34-25-23-32(24-26-34)31-13-3-2-4-14-31)49(51-30)52-41-22-12-11-21-40(41)43-38-19-9-10-20-39(38)45-44-37-18-8-5-15-33(37)27-28-42(44)53-48(45)47(43)52;1-2/h2-26H,1,27-29H2;1-2H3. The summed E-state index contributed by atoms with van der Waals surface area (Å²) in [6.45, 7) is 9.13. The van der Waals surface area contributed by atoms with E-state index in [1.165, 1.54) is 69.8 Å². The van der Waals surface area contributed by atoms with E-state index in [2.05, 4.69) is 163 Å². The Hall–Kier alpha value is -6.36. The van der Waals surface area contributed by atoms with Crippen molar-refractivity contribution >= 4 is 71.2 Å². The monoisotopic (exact) mass is 725 g/mol. The van der Waals surface area contributed by atoms with E-state index in [9.17, 15) is 0 Å². The first-order valence-corrected chi connectivity index (χ1v) is 20.1. The first kappa shape index (κ1) is 33.2. The Morgan fingerprint density at radius 2 is 1.16 bits per heavy atom. The number of hydrogen-bond donors (Lipinski definition) is 0. The molecule has 3 nitrogen and oxygen atoms in total. The largest absolute Gasteiger partial charge is 0.290 e. The van der Waals surface area contributed by atoms with Crippen LogP contribution in [-0.2, 0) is 19.4 Å². The number of aryl methyl sites for hydroxylation is 2. The Bertz CT molecular complexity index is 3030. The van der Waals surface area contributed by atoms with Gasteiger partial charge in [0.15, 0.2) is 5.84 Å². The average Bonchev–Trinajstić information content (AvgIpc) is 3.81. The Balaban J connectivity index is 0.00000183. The summed E-state index contributed by atoms with van der Waals surface area (Å²) in [4.78, 5) is 12.4. The minimum absolute atomic E-state index is 0.531. The van der Waals surface area contributed by atoms with Gasteiger partial charge < -0.3 is 0 Å². The smallest absolute Gasteiger partial charge is 0.164 e. The lowest BCUT2D eigenvalue weighted by Gasteiger charge is -2.20. The van der Waals surface area contributed by atoms with Crippen molar-refractivity contribution in [2.45, 2.75) is 33.2 Å². The fourth-order valence-electron chi connectivity index (χ4n) is 8.70. The van der Waals surface area contributed by atoms with Gasteiger partial charge in [-0.3, -0.25) is 9.56 Å². The normalized spacial score (nSPS) is 13.7. The SMILES string of the molecule is C=C1N=C(n2c3ccccc3c3c4ccccc4c4c5c(sc4c32)CCc2ccccc2-5)C(c2ccc(-c3ccccc3)cc2)=NCc2ccccc21.CC. The van der Waals surface area contributed by atoms with Gasteiger partial charge in [0, 0.05) is 37.7 Å². The maximum absolute atomic E-state index is 5.52. The number of fused-ring (bicyclic) bond motifs is 13. The number of para-hydroxylation sites is 1. The molecule has 0 radical (unpaired) electrons. The van der Waals surface area contributed by atoms with Gasteiger partial charge in [-0.25, -0.2) is 4.99 Å². The molecule has 3 heterocycles. The van der Waals surface area contributed by atoms with Gasteiger partial charge in [0.1, 0.15) is 5.71 Å². The summed E-state index contributed by atoms with van der Waals surface area (Å²) < 4.78 is 3.71. The van der Waals surface area contributed by atoms with Gasteiger partial charge in [-0.2, -0.15) is 0 Å². The zero-order chi connectivity index (χ0) is 37.0. The maximum atomic E-state index is 5.52. The van der Waals surface area contributed by atoms with E-state index in [1.807, 2.05) is 25.2 Å².